The van der Waals surface area contributed by atoms with Gasteiger partial charge in [0.25, 0.3) is 0 Å². The fraction of sp³-hybridized carbons (Fsp3) is 0.417. The average molecular weight is 246 g/mol. The van der Waals surface area contributed by atoms with E-state index in [1.54, 1.807) is 11.3 Å². The number of hydrogen-bond acceptors (Lipinski definition) is 5. The van der Waals surface area contributed by atoms with Crippen LogP contribution in [0.1, 0.15) is 35.1 Å². The van der Waals surface area contributed by atoms with Gasteiger partial charge in [0.05, 0.1) is 5.01 Å². The van der Waals surface area contributed by atoms with Gasteiger partial charge in [-0.15, -0.1) is 11.3 Å². The molecule has 88 valence electrons. The van der Waals surface area contributed by atoms with E-state index < -0.39 is 0 Å². The van der Waals surface area contributed by atoms with Gasteiger partial charge in [-0.05, 0) is 26.2 Å². The van der Waals surface area contributed by atoms with Crippen molar-refractivity contribution in [2.75, 3.05) is 0 Å². The number of thiazole rings is 1. The first kappa shape index (κ1) is 10.8. The second kappa shape index (κ2) is 4.16. The molecule has 0 fully saturated rings. The van der Waals surface area contributed by atoms with E-state index in [0.717, 1.165) is 47.0 Å². The van der Waals surface area contributed by atoms with E-state index in [2.05, 4.69) is 15.0 Å². The Morgan fingerprint density at radius 2 is 2.29 bits per heavy atom. The lowest BCUT2D eigenvalue weighted by molar-refractivity contribution is 0.557. The maximum Gasteiger partial charge on any atom is 0.179 e. The zero-order valence-corrected chi connectivity index (χ0v) is 10.5. The molecule has 4 nitrogen and oxygen atoms in total. The van der Waals surface area contributed by atoms with E-state index in [4.69, 9.17) is 5.73 Å². The van der Waals surface area contributed by atoms with E-state index >= 15 is 0 Å². The number of rotatable bonds is 1. The zero-order valence-electron chi connectivity index (χ0n) is 9.68. The van der Waals surface area contributed by atoms with Crippen LogP contribution in [0.4, 0.5) is 0 Å². The molecule has 0 aliphatic heterocycles. The number of nitrogens with two attached hydrogens (primary N) is 1. The Balaban J connectivity index is 2.03. The third-order valence-corrected chi connectivity index (χ3v) is 3.85. The van der Waals surface area contributed by atoms with Crippen LogP contribution >= 0.6 is 11.3 Å². The summed E-state index contributed by atoms with van der Waals surface area (Å²) in [7, 11) is 0. The van der Waals surface area contributed by atoms with Crippen LogP contribution in [0.15, 0.2) is 11.6 Å². The van der Waals surface area contributed by atoms with Gasteiger partial charge in [-0.2, -0.15) is 0 Å². The molecule has 2 heterocycles. The molecule has 3 rings (SSSR count). The fourth-order valence-electron chi connectivity index (χ4n) is 2.17. The summed E-state index contributed by atoms with van der Waals surface area (Å²) in [4.78, 5) is 13.4. The van der Waals surface area contributed by atoms with Crippen molar-refractivity contribution >= 4 is 11.3 Å². The summed E-state index contributed by atoms with van der Waals surface area (Å²) in [6.45, 7) is 1.99. The molecule has 2 aromatic rings. The first-order valence-corrected chi connectivity index (χ1v) is 6.66. The highest BCUT2D eigenvalue weighted by Crippen LogP contribution is 2.27. The van der Waals surface area contributed by atoms with Gasteiger partial charge in [0.15, 0.2) is 5.82 Å². The first-order chi connectivity index (χ1) is 8.24. The number of aryl methyl sites for hydroxylation is 2. The van der Waals surface area contributed by atoms with Crippen LogP contribution in [0.2, 0.25) is 0 Å². The lowest BCUT2D eigenvalue weighted by atomic mass is 9.93. The second-order valence-corrected chi connectivity index (χ2v) is 5.41. The molecule has 1 unspecified atom stereocenters. The van der Waals surface area contributed by atoms with Crippen LogP contribution in [-0.4, -0.2) is 15.0 Å². The van der Waals surface area contributed by atoms with Crippen molar-refractivity contribution in [3.05, 3.63) is 27.8 Å². The summed E-state index contributed by atoms with van der Waals surface area (Å²) in [6.07, 6.45) is 5.02. The molecular formula is C12H14N4S. The summed E-state index contributed by atoms with van der Waals surface area (Å²) in [5.41, 5.74) is 9.12. The molecule has 0 saturated heterocycles. The maximum absolute atomic E-state index is 6.05. The minimum atomic E-state index is 0.102. The molecule has 5 heteroatoms. The van der Waals surface area contributed by atoms with Gasteiger partial charge in [0, 0.05) is 28.9 Å². The number of aromatic nitrogens is 3. The third-order valence-electron chi connectivity index (χ3n) is 3.08. The van der Waals surface area contributed by atoms with Crippen molar-refractivity contribution in [3.63, 3.8) is 0 Å². The Morgan fingerprint density at radius 1 is 1.41 bits per heavy atom. The number of fused-ring (bicyclic) bond motifs is 1. The summed E-state index contributed by atoms with van der Waals surface area (Å²) in [5, 5.41) is 3.04. The van der Waals surface area contributed by atoms with E-state index in [1.165, 1.54) is 0 Å². The molecule has 0 radical (unpaired) electrons. The molecule has 0 aromatic carbocycles. The molecule has 0 amide bonds. The fourth-order valence-corrected chi connectivity index (χ4v) is 2.76. The Kier molecular flexibility index (Phi) is 2.64. The first-order valence-electron chi connectivity index (χ1n) is 5.78. The molecule has 17 heavy (non-hydrogen) atoms. The predicted octanol–water partition coefficient (Wildman–Crippen LogP) is 2.24. The van der Waals surface area contributed by atoms with Gasteiger partial charge >= 0.3 is 0 Å². The van der Waals surface area contributed by atoms with Gasteiger partial charge < -0.3 is 5.73 Å². The van der Waals surface area contributed by atoms with Crippen LogP contribution in [0.5, 0.6) is 0 Å². The zero-order chi connectivity index (χ0) is 11.8. The molecule has 0 spiro atoms. The van der Waals surface area contributed by atoms with Crippen LogP contribution < -0.4 is 5.73 Å². The smallest absolute Gasteiger partial charge is 0.179 e. The third kappa shape index (κ3) is 1.96. The topological polar surface area (TPSA) is 64.7 Å². The van der Waals surface area contributed by atoms with Crippen LogP contribution in [0.25, 0.3) is 11.5 Å². The highest BCUT2D eigenvalue weighted by molar-refractivity contribution is 7.09. The van der Waals surface area contributed by atoms with Crippen molar-refractivity contribution in [2.45, 2.75) is 32.2 Å². The summed E-state index contributed by atoms with van der Waals surface area (Å²) in [6, 6.07) is 0.102. The minimum absolute atomic E-state index is 0.102. The summed E-state index contributed by atoms with van der Waals surface area (Å²) >= 11 is 1.62. The molecule has 2 N–H and O–H groups in total. The number of nitrogens with zero attached hydrogens (tertiary/aromatic N) is 3. The molecule has 1 aliphatic rings. The Morgan fingerprint density at radius 3 is 3.06 bits per heavy atom. The normalized spacial score (nSPS) is 19.1. The molecule has 1 atom stereocenters. The van der Waals surface area contributed by atoms with Crippen LogP contribution in [0, 0.1) is 6.92 Å². The van der Waals surface area contributed by atoms with Crippen molar-refractivity contribution in [2.24, 2.45) is 5.73 Å². The average Bonchev–Trinajstić information content (AvgIpc) is 2.76. The maximum atomic E-state index is 6.05. The number of hydrogen-bond donors (Lipinski definition) is 1. The van der Waals surface area contributed by atoms with Crippen molar-refractivity contribution in [1.29, 1.82) is 0 Å². The van der Waals surface area contributed by atoms with Crippen molar-refractivity contribution < 1.29 is 0 Å². The SMILES string of the molecule is Cc1nc(-c2ncc3c(n2)CCCC3N)cs1. The Bertz CT molecular complexity index is 549. The van der Waals surface area contributed by atoms with E-state index in [9.17, 15) is 0 Å². The van der Waals surface area contributed by atoms with E-state index in [1.807, 2.05) is 18.5 Å². The monoisotopic (exact) mass is 246 g/mol. The Labute approximate surface area is 104 Å². The van der Waals surface area contributed by atoms with E-state index in [-0.39, 0.29) is 6.04 Å². The molecule has 1 aliphatic carbocycles. The van der Waals surface area contributed by atoms with Gasteiger partial charge in [0.2, 0.25) is 0 Å². The van der Waals surface area contributed by atoms with Crippen LogP contribution in [-0.2, 0) is 6.42 Å². The van der Waals surface area contributed by atoms with E-state index in [0.29, 0.717) is 0 Å². The Hall–Kier alpha value is -1.33. The van der Waals surface area contributed by atoms with Crippen molar-refractivity contribution in [3.8, 4) is 11.5 Å². The predicted molar refractivity (Wildman–Crippen MR) is 67.7 cm³/mol. The highest BCUT2D eigenvalue weighted by Gasteiger charge is 2.19. The molecule has 0 saturated carbocycles. The van der Waals surface area contributed by atoms with Gasteiger partial charge in [-0.1, -0.05) is 0 Å². The highest BCUT2D eigenvalue weighted by atomic mass is 32.1. The molecule has 0 bridgehead atoms. The summed E-state index contributed by atoms with van der Waals surface area (Å²) < 4.78 is 0. The van der Waals surface area contributed by atoms with Crippen molar-refractivity contribution in [1.82, 2.24) is 15.0 Å². The standard InChI is InChI=1S/C12H14N4S/c1-7-15-11(6-17-7)12-14-5-8-9(13)3-2-4-10(8)16-12/h5-6,9H,2-4,13H2,1H3. The quantitative estimate of drug-likeness (QED) is 0.838. The summed E-state index contributed by atoms with van der Waals surface area (Å²) in [5.74, 6) is 0.724. The lowest BCUT2D eigenvalue weighted by Crippen LogP contribution is -2.19. The van der Waals surface area contributed by atoms with Gasteiger partial charge in [-0.3, -0.25) is 0 Å². The minimum Gasteiger partial charge on any atom is -0.324 e. The largest absolute Gasteiger partial charge is 0.324 e. The van der Waals surface area contributed by atoms with Gasteiger partial charge in [0.1, 0.15) is 5.69 Å². The van der Waals surface area contributed by atoms with Crippen LogP contribution in [0.3, 0.4) is 0 Å². The lowest BCUT2D eigenvalue weighted by Gasteiger charge is -2.20. The second-order valence-electron chi connectivity index (χ2n) is 4.35. The molecular weight excluding hydrogens is 232 g/mol. The van der Waals surface area contributed by atoms with Gasteiger partial charge in [-0.25, -0.2) is 15.0 Å². The molecule has 2 aromatic heterocycles.